The van der Waals surface area contributed by atoms with Crippen molar-refractivity contribution in [3.63, 3.8) is 0 Å². The highest BCUT2D eigenvalue weighted by Crippen LogP contribution is 2.38. The molecule has 1 aromatic carbocycles. The van der Waals surface area contributed by atoms with Gasteiger partial charge in [0.1, 0.15) is 17.4 Å². The molecule has 0 bridgehead atoms. The molecule has 1 amide bonds. The standard InChI is InChI=1S/C22H25N3O5S/c1-14(26)25-10-7-15(8-11-25)30-20-5-4-16(31(3,28)29)12-18(20)19-13-24(2)21-17(19)6-9-23-22(21)27/h4-6,9,12-13,15H,7-8,10-11H2,1-3H3,(H,23,27). The molecule has 0 spiro atoms. The van der Waals surface area contributed by atoms with E-state index in [1.165, 1.54) is 6.07 Å². The van der Waals surface area contributed by atoms with Crippen molar-refractivity contribution in [3.05, 3.63) is 47.0 Å². The fraction of sp³-hybridized carbons (Fsp3) is 0.364. The summed E-state index contributed by atoms with van der Waals surface area (Å²) in [5, 5.41) is 0.716. The van der Waals surface area contributed by atoms with E-state index < -0.39 is 9.84 Å². The summed E-state index contributed by atoms with van der Waals surface area (Å²) in [6.45, 7) is 2.81. The van der Waals surface area contributed by atoms with E-state index in [0.29, 0.717) is 48.1 Å². The number of aromatic nitrogens is 2. The van der Waals surface area contributed by atoms with Gasteiger partial charge in [0.05, 0.1) is 4.90 Å². The van der Waals surface area contributed by atoms with E-state index in [2.05, 4.69) is 4.98 Å². The molecule has 0 atom stereocenters. The van der Waals surface area contributed by atoms with Gasteiger partial charge >= 0.3 is 0 Å². The molecule has 0 radical (unpaired) electrons. The third kappa shape index (κ3) is 4.10. The van der Waals surface area contributed by atoms with Crippen LogP contribution in [0.5, 0.6) is 5.75 Å². The van der Waals surface area contributed by atoms with Crippen LogP contribution in [0.3, 0.4) is 0 Å². The molecule has 3 aromatic rings. The van der Waals surface area contributed by atoms with Crippen LogP contribution in [-0.4, -0.2) is 54.2 Å². The number of carbonyl (C=O) groups is 1. The SMILES string of the molecule is CC(=O)N1CCC(Oc2ccc(S(C)(=O)=O)cc2-c2cn(C)c3c(=O)[nH]ccc23)CC1. The quantitative estimate of drug-likeness (QED) is 0.667. The molecule has 31 heavy (non-hydrogen) atoms. The number of hydrogen-bond acceptors (Lipinski definition) is 5. The Labute approximate surface area is 180 Å². The molecule has 1 fully saturated rings. The van der Waals surface area contributed by atoms with Crippen LogP contribution >= 0.6 is 0 Å². The minimum atomic E-state index is -3.43. The maximum atomic E-state index is 12.3. The van der Waals surface area contributed by atoms with E-state index in [4.69, 9.17) is 4.74 Å². The molecule has 4 rings (SSSR count). The summed E-state index contributed by atoms with van der Waals surface area (Å²) >= 11 is 0. The number of sulfone groups is 1. The van der Waals surface area contributed by atoms with Crippen molar-refractivity contribution in [3.8, 4) is 16.9 Å². The normalized spacial score (nSPS) is 15.4. The van der Waals surface area contributed by atoms with Crippen LogP contribution < -0.4 is 10.3 Å². The van der Waals surface area contributed by atoms with Gasteiger partial charge in [-0.1, -0.05) is 0 Å². The fourth-order valence-corrected chi connectivity index (χ4v) is 4.75. The van der Waals surface area contributed by atoms with Gasteiger partial charge in [0, 0.05) is 75.1 Å². The number of piperidine rings is 1. The van der Waals surface area contributed by atoms with Crippen molar-refractivity contribution < 1.29 is 17.9 Å². The van der Waals surface area contributed by atoms with Crippen LogP contribution in [0.1, 0.15) is 19.8 Å². The lowest BCUT2D eigenvalue weighted by Crippen LogP contribution is -2.40. The smallest absolute Gasteiger partial charge is 0.272 e. The topological polar surface area (TPSA) is 101 Å². The highest BCUT2D eigenvalue weighted by molar-refractivity contribution is 7.90. The number of aromatic amines is 1. The molecule has 1 N–H and O–H groups in total. The Kier molecular flexibility index (Phi) is 5.38. The molecular weight excluding hydrogens is 418 g/mol. The minimum absolute atomic E-state index is 0.0534. The largest absolute Gasteiger partial charge is 0.490 e. The Bertz CT molecular complexity index is 1310. The Morgan fingerprint density at radius 3 is 2.52 bits per heavy atom. The van der Waals surface area contributed by atoms with E-state index in [-0.39, 0.29) is 22.5 Å². The van der Waals surface area contributed by atoms with E-state index >= 15 is 0 Å². The van der Waals surface area contributed by atoms with Crippen LogP contribution in [0.25, 0.3) is 22.0 Å². The van der Waals surface area contributed by atoms with E-state index in [0.717, 1.165) is 11.8 Å². The van der Waals surface area contributed by atoms with Crippen LogP contribution in [-0.2, 0) is 21.7 Å². The minimum Gasteiger partial charge on any atom is -0.490 e. The lowest BCUT2D eigenvalue weighted by Gasteiger charge is -2.32. The molecule has 0 unspecified atom stereocenters. The molecular formula is C22H25N3O5S. The monoisotopic (exact) mass is 443 g/mol. The number of benzene rings is 1. The summed E-state index contributed by atoms with van der Waals surface area (Å²) in [5.41, 5.74) is 1.63. The van der Waals surface area contributed by atoms with E-state index in [9.17, 15) is 18.0 Å². The van der Waals surface area contributed by atoms with Gasteiger partial charge in [-0.25, -0.2) is 8.42 Å². The van der Waals surface area contributed by atoms with Crippen molar-refractivity contribution in [2.75, 3.05) is 19.3 Å². The number of pyridine rings is 1. The number of carbonyl (C=O) groups excluding carboxylic acids is 1. The number of fused-ring (bicyclic) bond motifs is 1. The number of nitrogens with one attached hydrogen (secondary N) is 1. The Morgan fingerprint density at radius 2 is 1.87 bits per heavy atom. The number of aryl methyl sites for hydroxylation is 1. The van der Waals surface area contributed by atoms with Gasteiger partial charge < -0.3 is 19.2 Å². The van der Waals surface area contributed by atoms with Gasteiger partial charge in [-0.15, -0.1) is 0 Å². The molecule has 3 heterocycles. The summed E-state index contributed by atoms with van der Waals surface area (Å²) in [6.07, 6.45) is 5.86. The molecule has 0 aliphatic carbocycles. The average molecular weight is 444 g/mol. The summed E-state index contributed by atoms with van der Waals surface area (Å²) in [6, 6.07) is 6.62. The molecule has 164 valence electrons. The van der Waals surface area contributed by atoms with Crippen molar-refractivity contribution >= 4 is 26.6 Å². The molecule has 1 saturated heterocycles. The van der Waals surface area contributed by atoms with Gasteiger partial charge in [-0.2, -0.15) is 0 Å². The number of amides is 1. The number of ether oxygens (including phenoxy) is 1. The van der Waals surface area contributed by atoms with Crippen LogP contribution in [0.2, 0.25) is 0 Å². The maximum Gasteiger partial charge on any atom is 0.272 e. The van der Waals surface area contributed by atoms with Gasteiger partial charge in [-0.3, -0.25) is 9.59 Å². The second-order valence-corrected chi connectivity index (χ2v) is 9.99. The van der Waals surface area contributed by atoms with Gasteiger partial charge in [0.15, 0.2) is 9.84 Å². The molecule has 1 aliphatic rings. The lowest BCUT2D eigenvalue weighted by molar-refractivity contribution is -0.130. The predicted molar refractivity (Wildman–Crippen MR) is 118 cm³/mol. The first-order valence-corrected chi connectivity index (χ1v) is 12.0. The molecule has 0 saturated carbocycles. The second-order valence-electron chi connectivity index (χ2n) is 7.98. The van der Waals surface area contributed by atoms with Gasteiger partial charge in [0.25, 0.3) is 5.56 Å². The third-order valence-electron chi connectivity index (χ3n) is 5.75. The van der Waals surface area contributed by atoms with E-state index in [1.54, 1.807) is 47.8 Å². The Hall–Kier alpha value is -3.07. The Balaban J connectivity index is 1.79. The van der Waals surface area contributed by atoms with Crippen molar-refractivity contribution in [1.29, 1.82) is 0 Å². The van der Waals surface area contributed by atoms with Crippen LogP contribution in [0, 0.1) is 0 Å². The lowest BCUT2D eigenvalue weighted by atomic mass is 10.0. The summed E-state index contributed by atoms with van der Waals surface area (Å²) in [5.74, 6) is 0.610. The molecule has 2 aromatic heterocycles. The molecule has 1 aliphatic heterocycles. The highest BCUT2D eigenvalue weighted by atomic mass is 32.2. The first kappa shape index (κ1) is 21.2. The number of likely N-dealkylation sites (tertiary alicyclic amines) is 1. The van der Waals surface area contributed by atoms with Crippen molar-refractivity contribution in [2.45, 2.75) is 30.8 Å². The van der Waals surface area contributed by atoms with Crippen molar-refractivity contribution in [2.24, 2.45) is 7.05 Å². The summed E-state index contributed by atoms with van der Waals surface area (Å²) in [7, 11) is -1.65. The molecule has 9 heteroatoms. The number of hydrogen-bond donors (Lipinski definition) is 1. The van der Waals surface area contributed by atoms with Crippen LogP contribution in [0.15, 0.2) is 46.3 Å². The number of rotatable bonds is 4. The number of nitrogens with zero attached hydrogens (tertiary/aromatic N) is 2. The summed E-state index contributed by atoms with van der Waals surface area (Å²) in [4.78, 5) is 28.6. The number of H-pyrrole nitrogens is 1. The average Bonchev–Trinajstić information content (AvgIpc) is 3.05. The van der Waals surface area contributed by atoms with Crippen molar-refractivity contribution in [1.82, 2.24) is 14.5 Å². The van der Waals surface area contributed by atoms with Gasteiger partial charge in [-0.05, 0) is 24.3 Å². The van der Waals surface area contributed by atoms with Gasteiger partial charge in [0.2, 0.25) is 5.91 Å². The molecule has 8 nitrogen and oxygen atoms in total. The third-order valence-corrected chi connectivity index (χ3v) is 6.86. The maximum absolute atomic E-state index is 12.3. The second kappa shape index (κ2) is 7.88. The zero-order valence-electron chi connectivity index (χ0n) is 17.7. The Morgan fingerprint density at radius 1 is 1.16 bits per heavy atom. The van der Waals surface area contributed by atoms with E-state index in [1.807, 2.05) is 6.20 Å². The fourth-order valence-electron chi connectivity index (χ4n) is 4.10. The first-order valence-electron chi connectivity index (χ1n) is 10.1. The zero-order chi connectivity index (χ0) is 22.3. The highest BCUT2D eigenvalue weighted by Gasteiger charge is 2.24. The zero-order valence-corrected chi connectivity index (χ0v) is 18.5. The predicted octanol–water partition coefficient (Wildman–Crippen LogP) is 2.33. The van der Waals surface area contributed by atoms with Crippen LogP contribution in [0.4, 0.5) is 0 Å². The summed E-state index contributed by atoms with van der Waals surface area (Å²) < 4.78 is 32.4. The first-order chi connectivity index (χ1) is 14.6.